The summed E-state index contributed by atoms with van der Waals surface area (Å²) < 4.78 is 5.36. The molecular formula is C19H28Cl2N2O2. The average molecular weight is 387 g/mol. The minimum atomic E-state index is -0.196. The second-order valence-corrected chi connectivity index (χ2v) is 7.98. The number of benzene rings is 1. The normalized spacial score (nSPS) is 17.6. The first-order valence-electron chi connectivity index (χ1n) is 8.99. The minimum absolute atomic E-state index is 0.196. The number of rotatable bonds is 7. The second-order valence-electron chi connectivity index (χ2n) is 7.11. The third-order valence-corrected chi connectivity index (χ3v) is 4.73. The third kappa shape index (κ3) is 6.36. The van der Waals surface area contributed by atoms with Gasteiger partial charge < -0.3 is 9.64 Å². The summed E-state index contributed by atoms with van der Waals surface area (Å²) in [6, 6.07) is 6.00. The van der Waals surface area contributed by atoms with Gasteiger partial charge in [-0.1, -0.05) is 44.0 Å². The summed E-state index contributed by atoms with van der Waals surface area (Å²) in [6.07, 6.45) is 1.83. The first-order chi connectivity index (χ1) is 11.9. The zero-order chi connectivity index (χ0) is 18.4. The first-order valence-corrected chi connectivity index (χ1v) is 9.75. The van der Waals surface area contributed by atoms with E-state index < -0.39 is 0 Å². The highest BCUT2D eigenvalue weighted by Gasteiger charge is 2.31. The summed E-state index contributed by atoms with van der Waals surface area (Å²) in [5.41, 5.74) is 1.10. The molecule has 1 aromatic rings. The topological polar surface area (TPSA) is 32.8 Å². The Bertz CT molecular complexity index is 560. The molecule has 2 rings (SSSR count). The van der Waals surface area contributed by atoms with E-state index in [1.807, 2.05) is 30.9 Å². The zero-order valence-corrected chi connectivity index (χ0v) is 16.8. The molecule has 0 aliphatic carbocycles. The minimum Gasteiger partial charge on any atom is -0.449 e. The Hall–Kier alpha value is -0.970. The Kier molecular flexibility index (Phi) is 7.85. The molecule has 140 valence electrons. The van der Waals surface area contributed by atoms with Crippen LogP contribution in [0.15, 0.2) is 18.2 Å². The molecule has 1 aliphatic rings. The lowest BCUT2D eigenvalue weighted by molar-refractivity contribution is 0.0952. The number of likely N-dealkylation sites (tertiary alicyclic amines) is 1. The number of hydrogen-bond acceptors (Lipinski definition) is 3. The third-order valence-electron chi connectivity index (χ3n) is 4.30. The summed E-state index contributed by atoms with van der Waals surface area (Å²) in [5.74, 6) is 0.353. The lowest BCUT2D eigenvalue weighted by Crippen LogP contribution is -2.39. The molecule has 0 radical (unpaired) electrons. The van der Waals surface area contributed by atoms with E-state index in [-0.39, 0.29) is 6.09 Å². The van der Waals surface area contributed by atoms with Crippen LogP contribution in [0.5, 0.6) is 0 Å². The molecule has 1 aliphatic heterocycles. The van der Waals surface area contributed by atoms with Crippen LogP contribution in [0.2, 0.25) is 10.0 Å². The van der Waals surface area contributed by atoms with Gasteiger partial charge in [0.05, 0.1) is 6.61 Å². The van der Waals surface area contributed by atoms with E-state index >= 15 is 0 Å². The lowest BCUT2D eigenvalue weighted by atomic mass is 10.1. The van der Waals surface area contributed by atoms with E-state index in [0.29, 0.717) is 35.2 Å². The SMILES string of the molecule is CCCN(Cc1cc(Cl)cc(Cl)c1)[C@H]1CCN(C(=O)OCC(C)C)C1. The molecule has 0 spiro atoms. The van der Waals surface area contributed by atoms with Gasteiger partial charge in [0.2, 0.25) is 0 Å². The van der Waals surface area contributed by atoms with E-state index in [1.165, 1.54) is 0 Å². The number of carbonyl (C=O) groups excluding carboxylic acids is 1. The maximum absolute atomic E-state index is 12.2. The van der Waals surface area contributed by atoms with Crippen LogP contribution in [0.4, 0.5) is 4.79 Å². The molecular weight excluding hydrogens is 359 g/mol. The van der Waals surface area contributed by atoms with Crippen molar-refractivity contribution in [2.75, 3.05) is 26.2 Å². The lowest BCUT2D eigenvalue weighted by Gasteiger charge is -2.28. The van der Waals surface area contributed by atoms with Crippen molar-refractivity contribution in [1.82, 2.24) is 9.80 Å². The van der Waals surface area contributed by atoms with Gasteiger partial charge in [-0.15, -0.1) is 0 Å². The maximum atomic E-state index is 12.2. The van der Waals surface area contributed by atoms with Crippen molar-refractivity contribution in [3.05, 3.63) is 33.8 Å². The average Bonchev–Trinajstić information content (AvgIpc) is 3.01. The van der Waals surface area contributed by atoms with Gasteiger partial charge in [0.15, 0.2) is 0 Å². The molecule has 1 heterocycles. The largest absolute Gasteiger partial charge is 0.449 e. The maximum Gasteiger partial charge on any atom is 0.409 e. The fourth-order valence-electron chi connectivity index (χ4n) is 3.15. The summed E-state index contributed by atoms with van der Waals surface area (Å²) in [5, 5.41) is 1.31. The van der Waals surface area contributed by atoms with E-state index in [9.17, 15) is 4.79 Å². The molecule has 6 heteroatoms. The highest BCUT2D eigenvalue weighted by Crippen LogP contribution is 2.23. The highest BCUT2D eigenvalue weighted by atomic mass is 35.5. The molecule has 0 bridgehead atoms. The van der Waals surface area contributed by atoms with E-state index in [2.05, 4.69) is 11.8 Å². The fraction of sp³-hybridized carbons (Fsp3) is 0.632. The number of amides is 1. The Labute approximate surface area is 161 Å². The molecule has 1 saturated heterocycles. The smallest absolute Gasteiger partial charge is 0.409 e. The van der Waals surface area contributed by atoms with Gasteiger partial charge >= 0.3 is 6.09 Å². The van der Waals surface area contributed by atoms with Gasteiger partial charge in [0.1, 0.15) is 0 Å². The van der Waals surface area contributed by atoms with Crippen LogP contribution in [0.3, 0.4) is 0 Å². The summed E-state index contributed by atoms with van der Waals surface area (Å²) in [6.45, 7) is 9.94. The molecule has 1 amide bonds. The molecule has 0 N–H and O–H groups in total. The van der Waals surface area contributed by atoms with Crippen LogP contribution in [-0.2, 0) is 11.3 Å². The van der Waals surface area contributed by atoms with E-state index in [0.717, 1.165) is 38.0 Å². The first kappa shape index (κ1) is 20.3. The predicted molar refractivity (Wildman–Crippen MR) is 103 cm³/mol. The van der Waals surface area contributed by atoms with Crippen LogP contribution >= 0.6 is 23.2 Å². The monoisotopic (exact) mass is 386 g/mol. The van der Waals surface area contributed by atoms with Crippen LogP contribution in [0, 0.1) is 5.92 Å². The number of nitrogens with zero attached hydrogens (tertiary/aromatic N) is 2. The van der Waals surface area contributed by atoms with Crippen molar-refractivity contribution < 1.29 is 9.53 Å². The Morgan fingerprint density at radius 1 is 1.32 bits per heavy atom. The molecule has 1 fully saturated rings. The predicted octanol–water partition coefficient (Wildman–Crippen LogP) is 5.07. The van der Waals surface area contributed by atoms with Crippen molar-refractivity contribution >= 4 is 29.3 Å². The number of hydrogen-bond donors (Lipinski definition) is 0. The van der Waals surface area contributed by atoms with Crippen molar-refractivity contribution in [1.29, 1.82) is 0 Å². The molecule has 0 unspecified atom stereocenters. The standard InChI is InChI=1S/C19H28Cl2N2O2/c1-4-6-22(11-15-8-16(20)10-17(21)9-15)18-5-7-23(12-18)19(24)25-13-14(2)3/h8-10,14,18H,4-7,11-13H2,1-3H3/t18-/m0/s1. The quantitative estimate of drug-likeness (QED) is 0.655. The van der Waals surface area contributed by atoms with Gasteiger partial charge in [-0.05, 0) is 49.1 Å². The fourth-order valence-corrected chi connectivity index (χ4v) is 3.72. The number of ether oxygens (including phenoxy) is 1. The van der Waals surface area contributed by atoms with Crippen LogP contribution in [0.1, 0.15) is 39.2 Å². The molecule has 0 aromatic heterocycles. The second kappa shape index (κ2) is 9.65. The molecule has 1 atom stereocenters. The molecule has 4 nitrogen and oxygen atoms in total. The van der Waals surface area contributed by atoms with Gasteiger partial charge in [-0.25, -0.2) is 4.79 Å². The number of halogens is 2. The highest BCUT2D eigenvalue weighted by molar-refractivity contribution is 6.34. The summed E-state index contributed by atoms with van der Waals surface area (Å²) >= 11 is 12.2. The Morgan fingerprint density at radius 3 is 2.60 bits per heavy atom. The van der Waals surface area contributed by atoms with E-state index in [1.54, 1.807) is 6.07 Å². The van der Waals surface area contributed by atoms with Gasteiger partial charge in [0.25, 0.3) is 0 Å². The van der Waals surface area contributed by atoms with Crippen molar-refractivity contribution in [3.8, 4) is 0 Å². The summed E-state index contributed by atoms with van der Waals surface area (Å²) in [7, 11) is 0. The van der Waals surface area contributed by atoms with Gasteiger partial charge in [-0.2, -0.15) is 0 Å². The molecule has 0 saturated carbocycles. The van der Waals surface area contributed by atoms with Crippen LogP contribution < -0.4 is 0 Å². The van der Waals surface area contributed by atoms with Crippen molar-refractivity contribution in [2.45, 2.75) is 46.2 Å². The van der Waals surface area contributed by atoms with Crippen LogP contribution in [0.25, 0.3) is 0 Å². The zero-order valence-electron chi connectivity index (χ0n) is 15.3. The van der Waals surface area contributed by atoms with Crippen molar-refractivity contribution in [3.63, 3.8) is 0 Å². The number of carbonyl (C=O) groups is 1. The van der Waals surface area contributed by atoms with Gasteiger partial charge in [-0.3, -0.25) is 4.90 Å². The van der Waals surface area contributed by atoms with Crippen LogP contribution in [-0.4, -0.2) is 48.2 Å². The Morgan fingerprint density at radius 2 is 2.00 bits per heavy atom. The summed E-state index contributed by atoms with van der Waals surface area (Å²) in [4.78, 5) is 16.4. The Balaban J connectivity index is 1.97. The van der Waals surface area contributed by atoms with E-state index in [4.69, 9.17) is 27.9 Å². The molecule has 1 aromatic carbocycles. The van der Waals surface area contributed by atoms with Gasteiger partial charge in [0, 0.05) is 35.7 Å². The van der Waals surface area contributed by atoms with Crippen molar-refractivity contribution in [2.24, 2.45) is 5.92 Å². The molecule has 25 heavy (non-hydrogen) atoms.